The van der Waals surface area contributed by atoms with E-state index in [4.69, 9.17) is 13.9 Å². The third kappa shape index (κ3) is 6.39. The molecule has 2 aromatic heterocycles. The maximum atomic E-state index is 13.6. The summed E-state index contributed by atoms with van der Waals surface area (Å²) in [5, 5.41) is 13.2. The molecule has 14 nitrogen and oxygen atoms in total. The van der Waals surface area contributed by atoms with Crippen LogP contribution < -0.4 is 25.7 Å². The lowest BCUT2D eigenvalue weighted by Crippen LogP contribution is -2.46. The Balaban J connectivity index is 1.38. The Kier molecular flexibility index (Phi) is 8.66. The molecule has 0 fully saturated rings. The van der Waals surface area contributed by atoms with Crippen LogP contribution in [-0.2, 0) is 21.5 Å². The number of hydrogen-bond acceptors (Lipinski definition) is 11. The van der Waals surface area contributed by atoms with E-state index in [2.05, 4.69) is 30.6 Å². The number of carbonyl (C=O) groups excluding carboxylic acids is 3. The molecule has 0 saturated heterocycles. The molecule has 234 valence electrons. The maximum Gasteiger partial charge on any atom is 0.411 e. The molecular formula is C31H32N6O8. The van der Waals surface area contributed by atoms with Crippen molar-refractivity contribution < 1.29 is 33.0 Å². The normalized spacial score (nSPS) is 12.9. The Morgan fingerprint density at radius 2 is 1.78 bits per heavy atom. The number of methoxy groups -OCH3 is 1. The minimum absolute atomic E-state index is 0.134. The van der Waals surface area contributed by atoms with Gasteiger partial charge in [0, 0.05) is 5.56 Å². The molecule has 1 atom stereocenters. The van der Waals surface area contributed by atoms with Crippen LogP contribution in [0.3, 0.4) is 0 Å². The molecule has 0 aliphatic carbocycles. The van der Waals surface area contributed by atoms with Crippen LogP contribution in [0.15, 0.2) is 63.9 Å². The summed E-state index contributed by atoms with van der Waals surface area (Å²) >= 11 is 0. The zero-order valence-corrected chi connectivity index (χ0v) is 25.3. The summed E-state index contributed by atoms with van der Waals surface area (Å²) in [5.41, 5.74) is -0.292. The second-order valence-corrected chi connectivity index (χ2v) is 11.1. The number of nitrogens with zero attached hydrogens (tertiary/aromatic N) is 4. The highest BCUT2D eigenvalue weighted by molar-refractivity contribution is 5.98. The van der Waals surface area contributed by atoms with Crippen molar-refractivity contribution in [2.24, 2.45) is 5.92 Å². The Labute approximate surface area is 257 Å². The maximum absolute atomic E-state index is 13.6. The zero-order chi connectivity index (χ0) is 32.3. The van der Waals surface area contributed by atoms with Crippen molar-refractivity contribution in [3.05, 3.63) is 82.4 Å². The minimum Gasteiger partial charge on any atom is -0.454 e. The van der Waals surface area contributed by atoms with E-state index >= 15 is 0 Å². The van der Waals surface area contributed by atoms with Gasteiger partial charge in [-0.05, 0) is 37.5 Å². The largest absolute Gasteiger partial charge is 0.454 e. The fraction of sp³-hybridized carbons (Fsp3) is 0.323. The molecule has 1 aliphatic rings. The molecule has 0 radical (unpaired) electrons. The van der Waals surface area contributed by atoms with Gasteiger partial charge in [0.25, 0.3) is 11.4 Å². The summed E-state index contributed by atoms with van der Waals surface area (Å²) in [5.74, 6) is -0.292. The summed E-state index contributed by atoms with van der Waals surface area (Å²) in [7, 11) is 1.15. The Morgan fingerprint density at radius 3 is 2.49 bits per heavy atom. The summed E-state index contributed by atoms with van der Waals surface area (Å²) in [6.45, 7) is 6.87. The smallest absolute Gasteiger partial charge is 0.411 e. The molecule has 0 saturated carbocycles. The van der Waals surface area contributed by atoms with Crippen LogP contribution in [0.5, 0.6) is 11.5 Å². The van der Waals surface area contributed by atoms with E-state index in [1.165, 1.54) is 6.20 Å². The molecule has 5 rings (SSSR count). The number of carbonyl (C=O) groups is 3. The first-order valence-electron chi connectivity index (χ1n) is 14.1. The average Bonchev–Trinajstić information content (AvgIpc) is 3.72. The minimum atomic E-state index is -1.06. The topological polar surface area (TPSA) is 177 Å². The predicted octanol–water partition coefficient (Wildman–Crippen LogP) is 3.55. The zero-order valence-electron chi connectivity index (χ0n) is 25.3. The average molecular weight is 617 g/mol. The SMILES string of the molecule is COC(=O)Nc1cnc(-c2ccccc2)n(CC(=O)N[C@H](C(=O)c2nnc(C(C)(C)c3ccc4c(c3)OCO4)o2)C(C)C)c1=O. The Morgan fingerprint density at radius 1 is 1.04 bits per heavy atom. The highest BCUT2D eigenvalue weighted by Crippen LogP contribution is 2.38. The number of amides is 2. The second-order valence-electron chi connectivity index (χ2n) is 11.1. The van der Waals surface area contributed by atoms with Gasteiger partial charge in [-0.3, -0.25) is 24.3 Å². The van der Waals surface area contributed by atoms with Crippen LogP contribution in [0.1, 0.15) is 49.8 Å². The quantitative estimate of drug-likeness (QED) is 0.249. The Hall–Kier alpha value is -5.53. The lowest BCUT2D eigenvalue weighted by molar-refractivity contribution is -0.122. The summed E-state index contributed by atoms with van der Waals surface area (Å²) in [6.07, 6.45) is 0.317. The standard InChI is InChI=1S/C31H32N6O8/c1-17(2)24(25(39)27-35-36-29(45-27)31(3,4)19-11-12-21-22(13-19)44-16-43-21)34-23(38)15-37-26(18-9-7-6-8-10-18)32-14-20(28(37)40)33-30(41)42-5/h6-14,17,24H,15-16H2,1-5H3,(H,33,41)(H,34,38)/t24-/m0/s1. The number of rotatable bonds is 10. The molecule has 45 heavy (non-hydrogen) atoms. The molecular weight excluding hydrogens is 584 g/mol. The molecule has 0 spiro atoms. The number of hydrogen-bond donors (Lipinski definition) is 2. The van der Waals surface area contributed by atoms with Crippen molar-refractivity contribution >= 4 is 23.5 Å². The van der Waals surface area contributed by atoms with Crippen molar-refractivity contribution in [1.29, 1.82) is 0 Å². The van der Waals surface area contributed by atoms with Gasteiger partial charge in [0.15, 0.2) is 11.5 Å². The number of anilines is 1. The summed E-state index contributed by atoms with van der Waals surface area (Å²) in [4.78, 5) is 56.4. The van der Waals surface area contributed by atoms with E-state index < -0.39 is 41.3 Å². The van der Waals surface area contributed by atoms with E-state index in [-0.39, 0.29) is 36.0 Å². The van der Waals surface area contributed by atoms with Crippen LogP contribution >= 0.6 is 0 Å². The lowest BCUT2D eigenvalue weighted by atomic mass is 9.84. The molecule has 2 N–H and O–H groups in total. The third-order valence-electron chi connectivity index (χ3n) is 7.33. The van der Waals surface area contributed by atoms with Crippen LogP contribution in [0, 0.1) is 5.92 Å². The monoisotopic (exact) mass is 616 g/mol. The predicted molar refractivity (Wildman–Crippen MR) is 160 cm³/mol. The number of nitrogens with one attached hydrogen (secondary N) is 2. The van der Waals surface area contributed by atoms with E-state index in [1.807, 2.05) is 26.0 Å². The van der Waals surface area contributed by atoms with Gasteiger partial charge in [0.1, 0.15) is 18.1 Å². The Bertz CT molecular complexity index is 1800. The number of benzene rings is 2. The first-order chi connectivity index (χ1) is 21.5. The molecule has 1 aliphatic heterocycles. The van der Waals surface area contributed by atoms with Crippen LogP contribution in [0.25, 0.3) is 11.4 Å². The number of fused-ring (bicyclic) bond motifs is 1. The van der Waals surface area contributed by atoms with Gasteiger partial charge in [-0.1, -0.05) is 50.2 Å². The van der Waals surface area contributed by atoms with E-state index in [0.717, 1.165) is 17.2 Å². The van der Waals surface area contributed by atoms with Crippen molar-refractivity contribution in [1.82, 2.24) is 25.1 Å². The number of ether oxygens (including phenoxy) is 3. The first kappa shape index (κ1) is 30.9. The van der Waals surface area contributed by atoms with Gasteiger partial charge < -0.3 is 23.9 Å². The molecule has 2 aromatic carbocycles. The molecule has 4 aromatic rings. The summed E-state index contributed by atoms with van der Waals surface area (Å²) < 4.78 is 22.4. The fourth-order valence-corrected chi connectivity index (χ4v) is 4.72. The molecule has 14 heteroatoms. The molecule has 0 bridgehead atoms. The number of ketones is 1. The van der Waals surface area contributed by atoms with Crippen LogP contribution in [0.4, 0.5) is 10.5 Å². The molecule has 2 amide bonds. The lowest BCUT2D eigenvalue weighted by Gasteiger charge is -2.22. The van der Waals surface area contributed by atoms with E-state index in [1.54, 1.807) is 50.2 Å². The van der Waals surface area contributed by atoms with E-state index in [9.17, 15) is 19.2 Å². The van der Waals surface area contributed by atoms with Gasteiger partial charge in [-0.25, -0.2) is 9.78 Å². The van der Waals surface area contributed by atoms with Crippen molar-refractivity contribution in [2.45, 2.75) is 45.7 Å². The molecule has 3 heterocycles. The summed E-state index contributed by atoms with van der Waals surface area (Å²) in [6, 6.07) is 13.2. The van der Waals surface area contributed by atoms with Crippen LogP contribution in [-0.4, -0.2) is 57.5 Å². The molecule has 0 unspecified atom stereocenters. The highest BCUT2D eigenvalue weighted by Gasteiger charge is 2.35. The van der Waals surface area contributed by atoms with Gasteiger partial charge >= 0.3 is 6.09 Å². The van der Waals surface area contributed by atoms with E-state index in [0.29, 0.717) is 17.1 Å². The van der Waals surface area contributed by atoms with Crippen molar-refractivity contribution in [3.63, 3.8) is 0 Å². The van der Waals surface area contributed by atoms with Crippen LogP contribution in [0.2, 0.25) is 0 Å². The highest BCUT2D eigenvalue weighted by atomic mass is 16.7. The van der Waals surface area contributed by atoms with Gasteiger partial charge in [0.2, 0.25) is 24.4 Å². The van der Waals surface area contributed by atoms with Crippen molar-refractivity contribution in [2.75, 3.05) is 19.2 Å². The van der Waals surface area contributed by atoms with Gasteiger partial charge in [-0.2, -0.15) is 0 Å². The third-order valence-corrected chi connectivity index (χ3v) is 7.33. The second kappa shape index (κ2) is 12.6. The first-order valence-corrected chi connectivity index (χ1v) is 14.1. The number of Topliss-reactive ketones (excluding diaryl/α,β-unsaturated/α-hetero) is 1. The van der Waals surface area contributed by atoms with Gasteiger partial charge in [0.05, 0.1) is 24.8 Å². The van der Waals surface area contributed by atoms with Gasteiger partial charge in [-0.15, -0.1) is 10.2 Å². The van der Waals surface area contributed by atoms with Crippen molar-refractivity contribution in [3.8, 4) is 22.9 Å². The fourth-order valence-electron chi connectivity index (χ4n) is 4.72. The number of aromatic nitrogens is 4.